The zero-order valence-corrected chi connectivity index (χ0v) is 14.2. The van der Waals surface area contributed by atoms with Crippen LogP contribution in [0, 0.1) is 5.82 Å². The van der Waals surface area contributed by atoms with Gasteiger partial charge in [-0.05, 0) is 20.2 Å². The Morgan fingerprint density at radius 1 is 1.38 bits per heavy atom. The lowest BCUT2D eigenvalue weighted by Crippen LogP contribution is -2.42. The SMILES string of the molecule is CN(C)[C@H](C(=O)N(CCO)Cc1nccn1C)c1ccccc1F. The molecule has 1 heterocycles. The van der Waals surface area contributed by atoms with E-state index in [1.807, 2.05) is 11.6 Å². The number of aryl methyl sites for hydroxylation is 1. The second kappa shape index (κ2) is 8.03. The second-order valence-electron chi connectivity index (χ2n) is 5.83. The number of hydrogen-bond donors (Lipinski definition) is 1. The number of aliphatic hydroxyl groups excluding tert-OH is 1. The third-order valence-electron chi connectivity index (χ3n) is 3.88. The average molecular weight is 334 g/mol. The van der Waals surface area contributed by atoms with Crippen LogP contribution >= 0.6 is 0 Å². The van der Waals surface area contributed by atoms with Gasteiger partial charge in [0.05, 0.1) is 13.2 Å². The van der Waals surface area contributed by atoms with Gasteiger partial charge in [-0.25, -0.2) is 9.37 Å². The van der Waals surface area contributed by atoms with Crippen LogP contribution in [0.2, 0.25) is 0 Å². The third-order valence-corrected chi connectivity index (χ3v) is 3.88. The normalized spacial score (nSPS) is 12.4. The molecule has 1 amide bonds. The standard InChI is InChI=1S/C17H23FN4O2/c1-20(2)16(13-6-4-5-7-14(13)18)17(24)22(10-11-23)12-15-19-8-9-21(15)3/h4-9,16,23H,10-12H2,1-3H3/t16-/m0/s1. The zero-order chi connectivity index (χ0) is 17.7. The number of carbonyl (C=O) groups excluding carboxylic acids is 1. The Hall–Kier alpha value is -2.25. The van der Waals surface area contributed by atoms with Crippen LogP contribution in [0.1, 0.15) is 17.4 Å². The maximum Gasteiger partial charge on any atom is 0.245 e. The molecule has 0 bridgehead atoms. The summed E-state index contributed by atoms with van der Waals surface area (Å²) in [6, 6.07) is 5.48. The van der Waals surface area contributed by atoms with Crippen molar-refractivity contribution in [2.24, 2.45) is 7.05 Å². The van der Waals surface area contributed by atoms with Crippen molar-refractivity contribution in [3.63, 3.8) is 0 Å². The van der Waals surface area contributed by atoms with Crippen molar-refractivity contribution >= 4 is 5.91 Å². The summed E-state index contributed by atoms with van der Waals surface area (Å²) in [4.78, 5) is 20.4. The number of aliphatic hydroxyl groups is 1. The number of nitrogens with zero attached hydrogens (tertiary/aromatic N) is 4. The Morgan fingerprint density at radius 3 is 2.62 bits per heavy atom. The molecule has 0 aliphatic carbocycles. The maximum atomic E-state index is 14.2. The number of aromatic nitrogens is 2. The number of benzene rings is 1. The molecule has 24 heavy (non-hydrogen) atoms. The summed E-state index contributed by atoms with van der Waals surface area (Å²) in [7, 11) is 5.30. The third kappa shape index (κ3) is 3.98. The van der Waals surface area contributed by atoms with Crippen molar-refractivity contribution in [1.29, 1.82) is 0 Å². The molecule has 130 valence electrons. The van der Waals surface area contributed by atoms with Crippen LogP contribution in [0.3, 0.4) is 0 Å². The van der Waals surface area contributed by atoms with E-state index in [4.69, 9.17) is 0 Å². The molecule has 1 aromatic carbocycles. The van der Waals surface area contributed by atoms with Crippen LogP contribution in [0.15, 0.2) is 36.7 Å². The van der Waals surface area contributed by atoms with E-state index in [0.717, 1.165) is 0 Å². The van der Waals surface area contributed by atoms with Gasteiger partial charge >= 0.3 is 0 Å². The zero-order valence-electron chi connectivity index (χ0n) is 14.2. The van der Waals surface area contributed by atoms with Crippen molar-refractivity contribution in [2.75, 3.05) is 27.2 Å². The Kier molecular flexibility index (Phi) is 6.05. The quantitative estimate of drug-likeness (QED) is 0.826. The monoisotopic (exact) mass is 334 g/mol. The minimum absolute atomic E-state index is 0.157. The fraction of sp³-hybridized carbons (Fsp3) is 0.412. The van der Waals surface area contributed by atoms with Crippen molar-refractivity contribution < 1.29 is 14.3 Å². The summed E-state index contributed by atoms with van der Waals surface area (Å²) in [5.41, 5.74) is 0.315. The second-order valence-corrected chi connectivity index (χ2v) is 5.83. The van der Waals surface area contributed by atoms with E-state index < -0.39 is 11.9 Å². The Morgan fingerprint density at radius 2 is 2.08 bits per heavy atom. The van der Waals surface area contributed by atoms with Crippen LogP contribution < -0.4 is 0 Å². The molecule has 0 unspecified atom stereocenters. The molecule has 0 radical (unpaired) electrons. The van der Waals surface area contributed by atoms with E-state index in [0.29, 0.717) is 11.4 Å². The molecule has 2 rings (SSSR count). The highest BCUT2D eigenvalue weighted by molar-refractivity contribution is 5.83. The van der Waals surface area contributed by atoms with Gasteiger partial charge in [0, 0.05) is 31.5 Å². The number of rotatable bonds is 7. The molecule has 1 aromatic heterocycles. The predicted molar refractivity (Wildman–Crippen MR) is 88.5 cm³/mol. The highest BCUT2D eigenvalue weighted by Gasteiger charge is 2.30. The average Bonchev–Trinajstić information content (AvgIpc) is 2.93. The largest absolute Gasteiger partial charge is 0.395 e. The molecule has 0 aliphatic heterocycles. The summed E-state index contributed by atoms with van der Waals surface area (Å²) >= 11 is 0. The number of amides is 1. The highest BCUT2D eigenvalue weighted by atomic mass is 19.1. The highest BCUT2D eigenvalue weighted by Crippen LogP contribution is 2.24. The van der Waals surface area contributed by atoms with Crippen LogP contribution in [0.5, 0.6) is 0 Å². The minimum Gasteiger partial charge on any atom is -0.395 e. The summed E-state index contributed by atoms with van der Waals surface area (Å²) in [6.45, 7) is 0.236. The predicted octanol–water partition coefficient (Wildman–Crippen LogP) is 1.18. The van der Waals surface area contributed by atoms with Gasteiger partial charge in [-0.3, -0.25) is 9.69 Å². The molecular weight excluding hydrogens is 311 g/mol. The van der Waals surface area contributed by atoms with E-state index >= 15 is 0 Å². The van der Waals surface area contributed by atoms with Crippen molar-refractivity contribution in [3.8, 4) is 0 Å². The van der Waals surface area contributed by atoms with Crippen LogP contribution in [-0.4, -0.2) is 57.6 Å². The lowest BCUT2D eigenvalue weighted by atomic mass is 10.0. The van der Waals surface area contributed by atoms with Gasteiger partial charge in [0.25, 0.3) is 0 Å². The molecule has 0 saturated carbocycles. The van der Waals surface area contributed by atoms with E-state index in [1.165, 1.54) is 11.0 Å². The number of hydrogen-bond acceptors (Lipinski definition) is 4. The van der Waals surface area contributed by atoms with Gasteiger partial charge < -0.3 is 14.6 Å². The molecule has 7 heteroatoms. The minimum atomic E-state index is -0.766. The van der Waals surface area contributed by atoms with Gasteiger partial charge in [0.1, 0.15) is 17.7 Å². The Balaban J connectivity index is 2.31. The Labute approximate surface area is 141 Å². The van der Waals surface area contributed by atoms with E-state index in [9.17, 15) is 14.3 Å². The smallest absolute Gasteiger partial charge is 0.245 e. The van der Waals surface area contributed by atoms with Crippen LogP contribution in [0.4, 0.5) is 4.39 Å². The van der Waals surface area contributed by atoms with E-state index in [2.05, 4.69) is 4.98 Å². The lowest BCUT2D eigenvalue weighted by molar-refractivity contribution is -0.137. The van der Waals surface area contributed by atoms with Crippen molar-refractivity contribution in [2.45, 2.75) is 12.6 Å². The summed E-state index contributed by atoms with van der Waals surface area (Å²) in [5, 5.41) is 9.32. The first-order valence-corrected chi connectivity index (χ1v) is 7.72. The molecule has 1 atom stereocenters. The first-order chi connectivity index (χ1) is 11.5. The number of imidazole rings is 1. The van der Waals surface area contributed by atoms with Gasteiger partial charge in [0.15, 0.2) is 0 Å². The molecule has 0 spiro atoms. The Bertz CT molecular complexity index is 687. The molecule has 0 fully saturated rings. The van der Waals surface area contributed by atoms with Gasteiger partial charge in [-0.1, -0.05) is 18.2 Å². The van der Waals surface area contributed by atoms with Gasteiger partial charge in [0.2, 0.25) is 5.91 Å². The molecule has 1 N–H and O–H groups in total. The van der Waals surface area contributed by atoms with Gasteiger partial charge in [-0.15, -0.1) is 0 Å². The number of carbonyl (C=O) groups is 1. The fourth-order valence-corrected chi connectivity index (χ4v) is 2.61. The molecule has 0 saturated heterocycles. The molecule has 2 aromatic rings. The number of halogens is 1. The molecular formula is C17H23FN4O2. The molecule has 6 nitrogen and oxygen atoms in total. The van der Waals surface area contributed by atoms with Crippen LogP contribution in [0.25, 0.3) is 0 Å². The number of likely N-dealkylation sites (N-methyl/N-ethyl adjacent to an activating group) is 1. The van der Waals surface area contributed by atoms with Gasteiger partial charge in [-0.2, -0.15) is 0 Å². The van der Waals surface area contributed by atoms with Crippen molar-refractivity contribution in [3.05, 3.63) is 53.9 Å². The first-order valence-electron chi connectivity index (χ1n) is 7.72. The lowest BCUT2D eigenvalue weighted by Gasteiger charge is -2.30. The topological polar surface area (TPSA) is 61.6 Å². The molecule has 0 aliphatic rings. The van der Waals surface area contributed by atoms with E-state index in [1.54, 1.807) is 49.6 Å². The summed E-state index contributed by atoms with van der Waals surface area (Å²) < 4.78 is 16.0. The van der Waals surface area contributed by atoms with Crippen LogP contribution in [-0.2, 0) is 18.4 Å². The summed E-state index contributed by atoms with van der Waals surface area (Å²) in [6.07, 6.45) is 3.44. The van der Waals surface area contributed by atoms with E-state index in [-0.39, 0.29) is 25.6 Å². The summed E-state index contributed by atoms with van der Waals surface area (Å²) in [5.74, 6) is -0.00419. The first kappa shape index (κ1) is 18.1. The maximum absolute atomic E-state index is 14.2. The fourth-order valence-electron chi connectivity index (χ4n) is 2.61. The van der Waals surface area contributed by atoms with Crippen molar-refractivity contribution in [1.82, 2.24) is 19.4 Å².